The van der Waals surface area contributed by atoms with Crippen molar-refractivity contribution in [1.29, 1.82) is 0 Å². The van der Waals surface area contributed by atoms with Crippen LogP contribution < -0.4 is 4.74 Å². The normalized spacial score (nSPS) is 11.1. The fourth-order valence-corrected chi connectivity index (χ4v) is 1.86. The number of hydrogen-bond acceptors (Lipinski definition) is 2. The van der Waals surface area contributed by atoms with Crippen molar-refractivity contribution >= 4 is 6.29 Å². The maximum absolute atomic E-state index is 10.8. The Kier molecular flexibility index (Phi) is 3.70. The number of aldehydes is 1. The zero-order valence-corrected chi connectivity index (χ0v) is 11.5. The standard InChI is InChI=1S/C17H18O2/c1-17(2,3)19-16-9-7-14(8-10-16)15-6-4-5-13(11-15)12-18/h4-12H,1-3H3. The van der Waals surface area contributed by atoms with Crippen molar-refractivity contribution in [3.63, 3.8) is 0 Å². The molecule has 0 saturated heterocycles. The number of benzene rings is 2. The van der Waals surface area contributed by atoms with Crippen LogP contribution in [-0.2, 0) is 0 Å². The lowest BCUT2D eigenvalue weighted by molar-refractivity contribution is 0.112. The molecule has 0 saturated carbocycles. The van der Waals surface area contributed by atoms with Gasteiger partial charge in [-0.1, -0.05) is 30.3 Å². The van der Waals surface area contributed by atoms with Gasteiger partial charge in [-0.05, 0) is 50.1 Å². The van der Waals surface area contributed by atoms with Gasteiger partial charge in [0.05, 0.1) is 0 Å². The summed E-state index contributed by atoms with van der Waals surface area (Å²) in [4.78, 5) is 10.8. The summed E-state index contributed by atoms with van der Waals surface area (Å²) in [7, 11) is 0. The smallest absolute Gasteiger partial charge is 0.150 e. The summed E-state index contributed by atoms with van der Waals surface area (Å²) in [5.74, 6) is 0.850. The summed E-state index contributed by atoms with van der Waals surface area (Å²) >= 11 is 0. The van der Waals surface area contributed by atoms with Gasteiger partial charge in [-0.3, -0.25) is 4.79 Å². The highest BCUT2D eigenvalue weighted by Gasteiger charge is 2.11. The molecule has 98 valence electrons. The summed E-state index contributed by atoms with van der Waals surface area (Å²) in [6.45, 7) is 6.07. The van der Waals surface area contributed by atoms with Crippen LogP contribution in [0.15, 0.2) is 48.5 Å². The Morgan fingerprint density at radius 1 is 0.947 bits per heavy atom. The molecule has 2 aromatic carbocycles. The van der Waals surface area contributed by atoms with E-state index in [4.69, 9.17) is 4.74 Å². The van der Waals surface area contributed by atoms with E-state index in [9.17, 15) is 4.79 Å². The molecule has 19 heavy (non-hydrogen) atoms. The molecule has 0 radical (unpaired) electrons. The third kappa shape index (κ3) is 3.68. The SMILES string of the molecule is CC(C)(C)Oc1ccc(-c2cccc(C=O)c2)cc1. The Bertz CT molecular complexity index is 563. The minimum absolute atomic E-state index is 0.195. The summed E-state index contributed by atoms with van der Waals surface area (Å²) in [5, 5.41) is 0. The highest BCUT2D eigenvalue weighted by atomic mass is 16.5. The number of rotatable bonds is 3. The largest absolute Gasteiger partial charge is 0.488 e. The summed E-state index contributed by atoms with van der Waals surface area (Å²) < 4.78 is 5.78. The van der Waals surface area contributed by atoms with Crippen LogP contribution in [0.4, 0.5) is 0 Å². The van der Waals surface area contributed by atoms with Gasteiger partial charge in [0.25, 0.3) is 0 Å². The molecule has 0 spiro atoms. The maximum atomic E-state index is 10.8. The molecule has 2 nitrogen and oxygen atoms in total. The third-order valence-electron chi connectivity index (χ3n) is 2.63. The van der Waals surface area contributed by atoms with E-state index in [1.165, 1.54) is 0 Å². The van der Waals surface area contributed by atoms with Gasteiger partial charge in [-0.25, -0.2) is 0 Å². The van der Waals surface area contributed by atoms with E-state index in [2.05, 4.69) is 0 Å². The highest BCUT2D eigenvalue weighted by molar-refractivity contribution is 5.78. The molecule has 0 bridgehead atoms. The van der Waals surface area contributed by atoms with Crippen LogP contribution in [0.5, 0.6) is 5.75 Å². The van der Waals surface area contributed by atoms with Crippen LogP contribution in [0.3, 0.4) is 0 Å². The molecule has 0 N–H and O–H groups in total. The third-order valence-corrected chi connectivity index (χ3v) is 2.63. The molecule has 0 aromatic heterocycles. The summed E-state index contributed by atoms with van der Waals surface area (Å²) in [6, 6.07) is 15.5. The van der Waals surface area contributed by atoms with Gasteiger partial charge in [0.15, 0.2) is 0 Å². The Hall–Kier alpha value is -2.09. The predicted octanol–water partition coefficient (Wildman–Crippen LogP) is 4.34. The molecule has 2 heteroatoms. The monoisotopic (exact) mass is 254 g/mol. The van der Waals surface area contributed by atoms with E-state index in [-0.39, 0.29) is 5.60 Å². The fraction of sp³-hybridized carbons (Fsp3) is 0.235. The van der Waals surface area contributed by atoms with E-state index >= 15 is 0 Å². The van der Waals surface area contributed by atoms with Crippen LogP contribution in [0.1, 0.15) is 31.1 Å². The van der Waals surface area contributed by atoms with Crippen molar-refractivity contribution in [2.75, 3.05) is 0 Å². The molecular formula is C17H18O2. The Labute approximate surface area is 114 Å². The van der Waals surface area contributed by atoms with E-state index < -0.39 is 0 Å². The lowest BCUT2D eigenvalue weighted by Gasteiger charge is -2.21. The molecule has 0 amide bonds. The lowest BCUT2D eigenvalue weighted by atomic mass is 10.0. The molecule has 0 aliphatic rings. The Morgan fingerprint density at radius 2 is 1.63 bits per heavy atom. The van der Waals surface area contributed by atoms with Crippen molar-refractivity contribution in [2.45, 2.75) is 26.4 Å². The quantitative estimate of drug-likeness (QED) is 0.761. The van der Waals surface area contributed by atoms with E-state index in [1.54, 1.807) is 6.07 Å². The summed E-state index contributed by atoms with van der Waals surface area (Å²) in [5.41, 5.74) is 2.60. The Balaban J connectivity index is 2.24. The number of ether oxygens (including phenoxy) is 1. The first kappa shape index (κ1) is 13.3. The van der Waals surface area contributed by atoms with E-state index in [0.717, 1.165) is 23.2 Å². The van der Waals surface area contributed by atoms with Crippen LogP contribution in [-0.4, -0.2) is 11.9 Å². The first-order valence-electron chi connectivity index (χ1n) is 6.33. The summed E-state index contributed by atoms with van der Waals surface area (Å²) in [6.07, 6.45) is 0.862. The van der Waals surface area contributed by atoms with Crippen molar-refractivity contribution < 1.29 is 9.53 Å². The molecular weight excluding hydrogens is 236 g/mol. The van der Waals surface area contributed by atoms with Crippen LogP contribution in [0.2, 0.25) is 0 Å². The zero-order chi connectivity index (χ0) is 13.9. The van der Waals surface area contributed by atoms with Crippen LogP contribution in [0, 0.1) is 0 Å². The van der Waals surface area contributed by atoms with Crippen LogP contribution in [0.25, 0.3) is 11.1 Å². The first-order valence-corrected chi connectivity index (χ1v) is 6.33. The molecule has 0 fully saturated rings. The number of hydrogen-bond donors (Lipinski definition) is 0. The second-order valence-corrected chi connectivity index (χ2v) is 5.48. The van der Waals surface area contributed by atoms with Crippen molar-refractivity contribution in [3.05, 3.63) is 54.1 Å². The average molecular weight is 254 g/mol. The highest BCUT2D eigenvalue weighted by Crippen LogP contribution is 2.24. The lowest BCUT2D eigenvalue weighted by Crippen LogP contribution is -2.22. The van der Waals surface area contributed by atoms with Crippen molar-refractivity contribution in [2.24, 2.45) is 0 Å². The molecule has 2 aromatic rings. The minimum Gasteiger partial charge on any atom is -0.488 e. The topological polar surface area (TPSA) is 26.3 Å². The van der Waals surface area contributed by atoms with Gasteiger partial charge >= 0.3 is 0 Å². The zero-order valence-electron chi connectivity index (χ0n) is 11.5. The van der Waals surface area contributed by atoms with Gasteiger partial charge in [0.1, 0.15) is 17.6 Å². The number of carbonyl (C=O) groups is 1. The Morgan fingerprint density at radius 3 is 2.21 bits per heavy atom. The van der Waals surface area contributed by atoms with Crippen molar-refractivity contribution in [1.82, 2.24) is 0 Å². The molecule has 0 aliphatic heterocycles. The fourth-order valence-electron chi connectivity index (χ4n) is 1.86. The van der Waals surface area contributed by atoms with Gasteiger partial charge in [0, 0.05) is 5.56 Å². The average Bonchev–Trinajstić information content (AvgIpc) is 2.38. The van der Waals surface area contributed by atoms with Gasteiger partial charge in [-0.15, -0.1) is 0 Å². The molecule has 0 unspecified atom stereocenters. The van der Waals surface area contributed by atoms with Gasteiger partial charge < -0.3 is 4.74 Å². The van der Waals surface area contributed by atoms with Gasteiger partial charge in [0.2, 0.25) is 0 Å². The molecule has 0 aliphatic carbocycles. The second-order valence-electron chi connectivity index (χ2n) is 5.48. The maximum Gasteiger partial charge on any atom is 0.150 e. The van der Waals surface area contributed by atoms with E-state index in [0.29, 0.717) is 5.56 Å². The first-order chi connectivity index (χ1) is 8.98. The molecule has 0 heterocycles. The van der Waals surface area contributed by atoms with E-state index in [1.807, 2.05) is 63.2 Å². The predicted molar refractivity (Wildman–Crippen MR) is 77.6 cm³/mol. The second kappa shape index (κ2) is 5.27. The molecule has 2 rings (SSSR count). The number of carbonyl (C=O) groups excluding carboxylic acids is 1. The van der Waals surface area contributed by atoms with Crippen LogP contribution >= 0.6 is 0 Å². The van der Waals surface area contributed by atoms with Gasteiger partial charge in [-0.2, -0.15) is 0 Å². The molecule has 0 atom stereocenters. The van der Waals surface area contributed by atoms with Crippen molar-refractivity contribution in [3.8, 4) is 16.9 Å². The minimum atomic E-state index is -0.195.